The fourth-order valence-electron chi connectivity index (χ4n) is 4.29. The minimum absolute atomic E-state index is 0.0210. The number of nitriles is 1. The van der Waals surface area contributed by atoms with Crippen LogP contribution in [0.1, 0.15) is 40.9 Å². The second-order valence-corrected chi connectivity index (χ2v) is 7.67. The standard InChI is InChI=1S/C23H22N4O3/c1-16-23(22(28)15-25-11-3-2-4-12-25)20-13-19(27(29)30)9-10-21(20)26(16)18-7-5-17(14-24)6-8-18/h5-10,13H,2-4,11-12,15H2,1H3. The maximum Gasteiger partial charge on any atom is 0.270 e. The van der Waals surface area contributed by atoms with Crippen LogP contribution in [0.5, 0.6) is 0 Å². The fourth-order valence-corrected chi connectivity index (χ4v) is 4.29. The Morgan fingerprint density at radius 1 is 1.13 bits per heavy atom. The molecule has 0 unspecified atom stereocenters. The van der Waals surface area contributed by atoms with Gasteiger partial charge in [-0.05, 0) is 63.2 Å². The number of ketones is 1. The summed E-state index contributed by atoms with van der Waals surface area (Å²) in [6.45, 7) is 3.99. The fraction of sp³-hybridized carbons (Fsp3) is 0.304. The van der Waals surface area contributed by atoms with Gasteiger partial charge < -0.3 is 4.57 Å². The molecule has 0 N–H and O–H groups in total. The zero-order valence-electron chi connectivity index (χ0n) is 16.8. The third kappa shape index (κ3) is 3.58. The number of benzene rings is 2. The number of carbonyl (C=O) groups is 1. The van der Waals surface area contributed by atoms with Gasteiger partial charge >= 0.3 is 0 Å². The Labute approximate surface area is 174 Å². The van der Waals surface area contributed by atoms with Crippen LogP contribution in [0.3, 0.4) is 0 Å². The van der Waals surface area contributed by atoms with Gasteiger partial charge in [-0.2, -0.15) is 5.26 Å². The van der Waals surface area contributed by atoms with Gasteiger partial charge in [0.05, 0.1) is 28.6 Å². The number of fused-ring (bicyclic) bond motifs is 1. The molecule has 4 rings (SSSR count). The zero-order chi connectivity index (χ0) is 21.3. The topological polar surface area (TPSA) is 92.2 Å². The Kier molecular flexibility index (Phi) is 5.34. The van der Waals surface area contributed by atoms with Crippen LogP contribution in [-0.2, 0) is 0 Å². The number of piperidine rings is 1. The average Bonchev–Trinajstić information content (AvgIpc) is 3.05. The number of nitrogens with zero attached hydrogens (tertiary/aromatic N) is 4. The van der Waals surface area contributed by atoms with Crippen LogP contribution in [-0.4, -0.2) is 39.8 Å². The first-order valence-electron chi connectivity index (χ1n) is 10.0. The normalized spacial score (nSPS) is 14.5. The first kappa shape index (κ1) is 19.8. The highest BCUT2D eigenvalue weighted by Crippen LogP contribution is 2.32. The van der Waals surface area contributed by atoms with Crippen LogP contribution in [0.4, 0.5) is 5.69 Å². The molecule has 0 spiro atoms. The van der Waals surface area contributed by atoms with Gasteiger partial charge in [0, 0.05) is 34.5 Å². The summed E-state index contributed by atoms with van der Waals surface area (Å²) in [6.07, 6.45) is 3.36. The van der Waals surface area contributed by atoms with E-state index in [1.54, 1.807) is 18.2 Å². The van der Waals surface area contributed by atoms with E-state index >= 15 is 0 Å². The molecule has 1 aromatic heterocycles. The number of nitro groups is 1. The quantitative estimate of drug-likeness (QED) is 0.359. The maximum absolute atomic E-state index is 13.3. The first-order chi connectivity index (χ1) is 14.5. The van der Waals surface area contributed by atoms with Crippen molar-refractivity contribution >= 4 is 22.4 Å². The highest BCUT2D eigenvalue weighted by molar-refractivity contribution is 6.11. The van der Waals surface area contributed by atoms with E-state index in [-0.39, 0.29) is 11.5 Å². The molecule has 30 heavy (non-hydrogen) atoms. The molecule has 7 heteroatoms. The predicted octanol–water partition coefficient (Wildman–Crippen LogP) is 4.39. The van der Waals surface area contributed by atoms with Crippen molar-refractivity contribution in [2.45, 2.75) is 26.2 Å². The summed E-state index contributed by atoms with van der Waals surface area (Å²) in [5.41, 5.74) is 3.34. The molecule has 2 aromatic carbocycles. The molecule has 0 bridgehead atoms. The molecule has 0 radical (unpaired) electrons. The molecular weight excluding hydrogens is 380 g/mol. The van der Waals surface area contributed by atoms with Crippen molar-refractivity contribution in [3.63, 3.8) is 0 Å². The second-order valence-electron chi connectivity index (χ2n) is 7.67. The summed E-state index contributed by atoms with van der Waals surface area (Å²) in [4.78, 5) is 26.4. The molecule has 1 aliphatic rings. The number of likely N-dealkylation sites (tertiary alicyclic amines) is 1. The molecule has 7 nitrogen and oxygen atoms in total. The van der Waals surface area contributed by atoms with E-state index in [0.29, 0.717) is 23.1 Å². The SMILES string of the molecule is Cc1c(C(=O)CN2CCCCC2)c2cc([N+](=O)[O-])ccc2n1-c1ccc(C#N)cc1. The summed E-state index contributed by atoms with van der Waals surface area (Å²) in [5.74, 6) is -0.0210. The molecule has 152 valence electrons. The summed E-state index contributed by atoms with van der Waals surface area (Å²) < 4.78 is 1.93. The van der Waals surface area contributed by atoms with Gasteiger partial charge in [-0.1, -0.05) is 6.42 Å². The van der Waals surface area contributed by atoms with E-state index < -0.39 is 4.92 Å². The highest BCUT2D eigenvalue weighted by Gasteiger charge is 2.24. The van der Waals surface area contributed by atoms with Crippen molar-refractivity contribution in [1.29, 1.82) is 5.26 Å². The third-order valence-electron chi connectivity index (χ3n) is 5.75. The number of hydrogen-bond acceptors (Lipinski definition) is 5. The van der Waals surface area contributed by atoms with Gasteiger partial charge in [-0.15, -0.1) is 0 Å². The number of hydrogen-bond donors (Lipinski definition) is 0. The molecule has 1 saturated heterocycles. The Hall–Kier alpha value is -3.50. The van der Waals surface area contributed by atoms with Crippen LogP contribution < -0.4 is 0 Å². The number of nitro benzene ring substituents is 1. The molecule has 2 heterocycles. The van der Waals surface area contributed by atoms with E-state index in [2.05, 4.69) is 11.0 Å². The molecule has 0 saturated carbocycles. The molecule has 0 amide bonds. The summed E-state index contributed by atoms with van der Waals surface area (Å²) in [6, 6.07) is 13.8. The van der Waals surface area contributed by atoms with E-state index in [0.717, 1.165) is 42.8 Å². The molecule has 3 aromatic rings. The van der Waals surface area contributed by atoms with Crippen molar-refractivity contribution in [1.82, 2.24) is 9.47 Å². The second kappa shape index (κ2) is 8.09. The summed E-state index contributed by atoms with van der Waals surface area (Å²) in [7, 11) is 0. The van der Waals surface area contributed by atoms with Gasteiger partial charge in [0.15, 0.2) is 5.78 Å². The lowest BCUT2D eigenvalue weighted by Crippen LogP contribution is -2.34. The van der Waals surface area contributed by atoms with Crippen LogP contribution in [0.2, 0.25) is 0 Å². The molecule has 1 aliphatic heterocycles. The summed E-state index contributed by atoms with van der Waals surface area (Å²) >= 11 is 0. The molecule has 0 aliphatic carbocycles. The van der Waals surface area contributed by atoms with E-state index in [9.17, 15) is 14.9 Å². The van der Waals surface area contributed by atoms with Gasteiger partial charge in [-0.25, -0.2) is 0 Å². The Morgan fingerprint density at radius 3 is 2.47 bits per heavy atom. The summed E-state index contributed by atoms with van der Waals surface area (Å²) in [5, 5.41) is 21.0. The Morgan fingerprint density at radius 2 is 1.83 bits per heavy atom. The van der Waals surface area contributed by atoms with Crippen molar-refractivity contribution in [2.24, 2.45) is 0 Å². The van der Waals surface area contributed by atoms with Gasteiger partial charge in [0.1, 0.15) is 0 Å². The maximum atomic E-state index is 13.3. The minimum Gasteiger partial charge on any atom is -0.313 e. The van der Waals surface area contributed by atoms with Crippen LogP contribution in [0, 0.1) is 28.4 Å². The smallest absolute Gasteiger partial charge is 0.270 e. The Balaban J connectivity index is 1.85. The van der Waals surface area contributed by atoms with Crippen molar-refractivity contribution in [2.75, 3.05) is 19.6 Å². The molecular formula is C23H22N4O3. The van der Waals surface area contributed by atoms with E-state index in [1.807, 2.05) is 23.6 Å². The van der Waals surface area contributed by atoms with Crippen LogP contribution in [0.15, 0.2) is 42.5 Å². The van der Waals surface area contributed by atoms with Crippen LogP contribution in [0.25, 0.3) is 16.6 Å². The average molecular weight is 402 g/mol. The zero-order valence-corrected chi connectivity index (χ0v) is 16.8. The van der Waals surface area contributed by atoms with E-state index in [1.165, 1.54) is 18.6 Å². The number of rotatable bonds is 5. The highest BCUT2D eigenvalue weighted by atomic mass is 16.6. The van der Waals surface area contributed by atoms with Crippen molar-refractivity contribution < 1.29 is 9.72 Å². The lowest BCUT2D eigenvalue weighted by Gasteiger charge is -2.25. The number of carbonyl (C=O) groups excluding carboxylic acids is 1. The largest absolute Gasteiger partial charge is 0.313 e. The van der Waals surface area contributed by atoms with E-state index in [4.69, 9.17) is 5.26 Å². The lowest BCUT2D eigenvalue weighted by atomic mass is 10.0. The monoisotopic (exact) mass is 402 g/mol. The third-order valence-corrected chi connectivity index (χ3v) is 5.75. The van der Waals surface area contributed by atoms with Crippen LogP contribution >= 0.6 is 0 Å². The molecule has 1 fully saturated rings. The van der Waals surface area contributed by atoms with Crippen molar-refractivity contribution in [3.05, 3.63) is 69.4 Å². The number of Topliss-reactive ketones (excluding diaryl/α,β-unsaturated/α-hetero) is 1. The first-order valence-corrected chi connectivity index (χ1v) is 10.0. The van der Waals surface area contributed by atoms with Gasteiger partial charge in [0.25, 0.3) is 5.69 Å². The minimum atomic E-state index is -0.438. The lowest BCUT2D eigenvalue weighted by molar-refractivity contribution is -0.384. The predicted molar refractivity (Wildman–Crippen MR) is 114 cm³/mol. The van der Waals surface area contributed by atoms with Gasteiger partial charge in [0.2, 0.25) is 0 Å². The number of non-ortho nitro benzene ring substituents is 1. The van der Waals surface area contributed by atoms with Crippen molar-refractivity contribution in [3.8, 4) is 11.8 Å². The van der Waals surface area contributed by atoms with Gasteiger partial charge in [-0.3, -0.25) is 19.8 Å². The number of aromatic nitrogens is 1. The Bertz CT molecular complexity index is 1170. The molecule has 0 atom stereocenters.